The number of anilines is 1. The lowest BCUT2D eigenvalue weighted by atomic mass is 10.1. The number of hydrogen-bond acceptors (Lipinski definition) is 6. The van der Waals surface area contributed by atoms with Crippen LogP contribution in [0.3, 0.4) is 0 Å². The van der Waals surface area contributed by atoms with Crippen LogP contribution < -0.4 is 14.8 Å². The highest BCUT2D eigenvalue weighted by atomic mass is 16.5. The van der Waals surface area contributed by atoms with Crippen molar-refractivity contribution in [3.63, 3.8) is 0 Å². The van der Waals surface area contributed by atoms with Crippen molar-refractivity contribution >= 4 is 22.6 Å². The van der Waals surface area contributed by atoms with Gasteiger partial charge in [0.2, 0.25) is 5.88 Å². The third-order valence-corrected chi connectivity index (χ3v) is 4.78. The molecule has 8 nitrogen and oxygen atoms in total. The summed E-state index contributed by atoms with van der Waals surface area (Å²) in [6.07, 6.45) is 3.73. The maximum atomic E-state index is 12.8. The van der Waals surface area contributed by atoms with Gasteiger partial charge in [0.25, 0.3) is 0 Å². The number of likely N-dealkylation sites (tertiary alicyclic amines) is 1. The van der Waals surface area contributed by atoms with Gasteiger partial charge in [-0.05, 0) is 30.3 Å². The first kappa shape index (κ1) is 18.5. The number of hydrogen-bond donors (Lipinski definition) is 1. The Hall–Kier alpha value is -3.86. The van der Waals surface area contributed by atoms with Crippen LogP contribution in [0.1, 0.15) is 12.0 Å². The van der Waals surface area contributed by atoms with E-state index in [1.807, 2.05) is 24.3 Å². The lowest BCUT2D eigenvalue weighted by Gasteiger charge is -2.18. The van der Waals surface area contributed by atoms with Gasteiger partial charge in [-0.3, -0.25) is 4.98 Å². The topological polar surface area (TPSA) is 100 Å². The highest BCUT2D eigenvalue weighted by Crippen LogP contribution is 2.30. The maximum absolute atomic E-state index is 12.8. The molecule has 1 aliphatic rings. The monoisotopic (exact) mass is 389 g/mol. The van der Waals surface area contributed by atoms with Crippen LogP contribution >= 0.6 is 0 Å². The normalized spacial score (nSPS) is 15.7. The Morgan fingerprint density at radius 3 is 2.93 bits per heavy atom. The molecule has 1 N–H and O–H groups in total. The number of fused-ring (bicyclic) bond motifs is 1. The van der Waals surface area contributed by atoms with Gasteiger partial charge in [0.15, 0.2) is 0 Å². The molecule has 146 valence electrons. The van der Waals surface area contributed by atoms with E-state index in [-0.39, 0.29) is 12.1 Å². The number of amides is 2. The molecule has 1 saturated heterocycles. The third kappa shape index (κ3) is 3.89. The molecule has 8 heteroatoms. The van der Waals surface area contributed by atoms with E-state index in [0.717, 1.165) is 5.39 Å². The zero-order valence-corrected chi connectivity index (χ0v) is 15.8. The molecule has 1 atom stereocenters. The molecule has 0 saturated carbocycles. The van der Waals surface area contributed by atoms with Crippen molar-refractivity contribution in [2.75, 3.05) is 25.5 Å². The first-order chi connectivity index (χ1) is 14.2. The van der Waals surface area contributed by atoms with Crippen LogP contribution in [0, 0.1) is 11.3 Å². The summed E-state index contributed by atoms with van der Waals surface area (Å²) in [5.74, 6) is 1.10. The molecule has 0 spiro atoms. The van der Waals surface area contributed by atoms with Gasteiger partial charge in [-0.25, -0.2) is 9.78 Å². The molecule has 1 aromatic carbocycles. The predicted octanol–water partition coefficient (Wildman–Crippen LogP) is 3.20. The zero-order valence-electron chi connectivity index (χ0n) is 15.8. The molecule has 3 heterocycles. The SMILES string of the molecule is COc1ccc(NC(=O)N2CCC(Oc3ccc(C#N)cn3)C2)c2cccnc12. The van der Waals surface area contributed by atoms with Gasteiger partial charge >= 0.3 is 6.03 Å². The van der Waals surface area contributed by atoms with E-state index in [4.69, 9.17) is 14.7 Å². The van der Waals surface area contributed by atoms with E-state index in [1.165, 1.54) is 6.20 Å². The number of rotatable bonds is 4. The first-order valence-electron chi connectivity index (χ1n) is 9.18. The van der Waals surface area contributed by atoms with Gasteiger partial charge in [0.05, 0.1) is 24.9 Å². The zero-order chi connectivity index (χ0) is 20.2. The second-order valence-corrected chi connectivity index (χ2v) is 6.62. The van der Waals surface area contributed by atoms with Crippen LogP contribution in [0.4, 0.5) is 10.5 Å². The average molecular weight is 389 g/mol. The van der Waals surface area contributed by atoms with Gasteiger partial charge in [0.1, 0.15) is 23.4 Å². The smallest absolute Gasteiger partial charge is 0.321 e. The molecular formula is C21H19N5O3. The first-order valence-corrected chi connectivity index (χ1v) is 9.18. The van der Waals surface area contributed by atoms with Crippen LogP contribution in [-0.4, -0.2) is 47.2 Å². The molecular weight excluding hydrogens is 370 g/mol. The van der Waals surface area contributed by atoms with E-state index < -0.39 is 0 Å². The summed E-state index contributed by atoms with van der Waals surface area (Å²) >= 11 is 0. The molecule has 0 bridgehead atoms. The summed E-state index contributed by atoms with van der Waals surface area (Å²) in [6.45, 7) is 1.04. The fourth-order valence-electron chi connectivity index (χ4n) is 3.31. The van der Waals surface area contributed by atoms with Gasteiger partial charge in [-0.1, -0.05) is 0 Å². The molecule has 0 radical (unpaired) electrons. The van der Waals surface area contributed by atoms with E-state index in [0.29, 0.717) is 47.9 Å². The molecule has 0 aliphatic carbocycles. The second-order valence-electron chi connectivity index (χ2n) is 6.62. The predicted molar refractivity (Wildman–Crippen MR) is 107 cm³/mol. The number of ether oxygens (including phenoxy) is 2. The highest BCUT2D eigenvalue weighted by Gasteiger charge is 2.28. The molecule has 3 aromatic rings. The van der Waals surface area contributed by atoms with Crippen molar-refractivity contribution in [3.8, 4) is 17.7 Å². The van der Waals surface area contributed by atoms with Crippen LogP contribution in [0.5, 0.6) is 11.6 Å². The molecule has 2 amide bonds. The lowest BCUT2D eigenvalue weighted by molar-refractivity contribution is 0.190. The summed E-state index contributed by atoms with van der Waals surface area (Å²) in [5.41, 5.74) is 1.85. The van der Waals surface area contributed by atoms with Crippen molar-refractivity contribution in [2.45, 2.75) is 12.5 Å². The fourth-order valence-corrected chi connectivity index (χ4v) is 3.31. The van der Waals surface area contributed by atoms with Crippen molar-refractivity contribution in [2.24, 2.45) is 0 Å². The van der Waals surface area contributed by atoms with Crippen molar-refractivity contribution in [3.05, 3.63) is 54.4 Å². The minimum atomic E-state index is -0.195. The Morgan fingerprint density at radius 1 is 1.28 bits per heavy atom. The van der Waals surface area contributed by atoms with Crippen LogP contribution in [0.25, 0.3) is 10.9 Å². The standard InChI is InChI=1S/C21H19N5O3/c1-28-18-6-5-17(16-3-2-9-23-20(16)18)25-21(27)26-10-8-15(13-26)29-19-7-4-14(11-22)12-24-19/h2-7,9,12,15H,8,10,13H2,1H3,(H,25,27). The number of aromatic nitrogens is 2. The number of nitrogens with one attached hydrogen (secondary N) is 1. The molecule has 1 aliphatic heterocycles. The number of carbonyl (C=O) groups is 1. The Balaban J connectivity index is 1.42. The highest BCUT2D eigenvalue weighted by molar-refractivity contribution is 6.02. The number of pyridine rings is 2. The van der Waals surface area contributed by atoms with E-state index >= 15 is 0 Å². The average Bonchev–Trinajstić information content (AvgIpc) is 3.23. The van der Waals surface area contributed by atoms with Crippen LogP contribution in [0.2, 0.25) is 0 Å². The fraction of sp³-hybridized carbons (Fsp3) is 0.238. The number of carbonyl (C=O) groups excluding carboxylic acids is 1. The summed E-state index contributed by atoms with van der Waals surface area (Å²) < 4.78 is 11.2. The van der Waals surface area contributed by atoms with Gasteiger partial charge in [-0.15, -0.1) is 0 Å². The van der Waals surface area contributed by atoms with E-state index in [2.05, 4.69) is 15.3 Å². The second kappa shape index (κ2) is 8.02. The number of benzene rings is 1. The Labute approximate surface area is 167 Å². The molecule has 4 rings (SSSR count). The number of nitriles is 1. The summed E-state index contributed by atoms with van der Waals surface area (Å²) in [4.78, 5) is 22.9. The minimum absolute atomic E-state index is 0.143. The third-order valence-electron chi connectivity index (χ3n) is 4.78. The Kier molecular flexibility index (Phi) is 5.12. The Morgan fingerprint density at radius 2 is 2.17 bits per heavy atom. The van der Waals surface area contributed by atoms with Crippen molar-refractivity contribution in [1.82, 2.24) is 14.9 Å². The summed E-state index contributed by atoms with van der Waals surface area (Å²) in [7, 11) is 1.59. The van der Waals surface area contributed by atoms with Crippen molar-refractivity contribution < 1.29 is 14.3 Å². The van der Waals surface area contributed by atoms with Gasteiger partial charge in [0, 0.05) is 36.8 Å². The summed E-state index contributed by atoms with van der Waals surface area (Å²) in [5, 5.41) is 12.6. The largest absolute Gasteiger partial charge is 0.494 e. The van der Waals surface area contributed by atoms with Gasteiger partial charge in [-0.2, -0.15) is 5.26 Å². The van der Waals surface area contributed by atoms with E-state index in [1.54, 1.807) is 36.4 Å². The summed E-state index contributed by atoms with van der Waals surface area (Å²) in [6, 6.07) is 12.5. The quantitative estimate of drug-likeness (QED) is 0.735. The van der Waals surface area contributed by atoms with Crippen LogP contribution in [-0.2, 0) is 0 Å². The molecule has 2 aromatic heterocycles. The minimum Gasteiger partial charge on any atom is -0.494 e. The van der Waals surface area contributed by atoms with Crippen molar-refractivity contribution in [1.29, 1.82) is 5.26 Å². The van der Waals surface area contributed by atoms with Gasteiger partial charge < -0.3 is 19.7 Å². The molecule has 1 unspecified atom stereocenters. The number of urea groups is 1. The number of methoxy groups -OCH3 is 1. The molecule has 29 heavy (non-hydrogen) atoms. The van der Waals surface area contributed by atoms with E-state index in [9.17, 15) is 4.79 Å². The molecule has 1 fully saturated rings. The lowest BCUT2D eigenvalue weighted by Crippen LogP contribution is -2.34. The Bertz CT molecular complexity index is 1080. The van der Waals surface area contributed by atoms with Crippen LogP contribution in [0.15, 0.2) is 48.8 Å². The number of nitrogens with zero attached hydrogens (tertiary/aromatic N) is 4. The maximum Gasteiger partial charge on any atom is 0.321 e.